The number of fused-ring (bicyclic) bond motifs is 1. The second-order valence-corrected chi connectivity index (χ2v) is 7.35. The molecule has 0 atom stereocenters. The van der Waals surface area contributed by atoms with Crippen molar-refractivity contribution in [1.82, 2.24) is 9.88 Å². The Morgan fingerprint density at radius 2 is 1.96 bits per heavy atom. The monoisotopic (exact) mass is 330 g/mol. The van der Waals surface area contributed by atoms with Crippen molar-refractivity contribution in [3.63, 3.8) is 0 Å². The minimum Gasteiger partial charge on any atom is -0.379 e. The molecule has 3 rings (SSSR count). The van der Waals surface area contributed by atoms with Gasteiger partial charge in [0.05, 0.1) is 23.8 Å². The first kappa shape index (κ1) is 16.7. The van der Waals surface area contributed by atoms with Crippen LogP contribution >= 0.6 is 11.8 Å². The molecule has 0 radical (unpaired) electrons. The Labute approximate surface area is 143 Å². The Kier molecular flexibility index (Phi) is 5.57. The zero-order chi connectivity index (χ0) is 16.2. The summed E-state index contributed by atoms with van der Waals surface area (Å²) in [7, 11) is 0. The first-order valence-corrected chi connectivity index (χ1v) is 9.49. The van der Waals surface area contributed by atoms with Crippen LogP contribution in [-0.4, -0.2) is 48.5 Å². The van der Waals surface area contributed by atoms with Crippen LogP contribution in [0.3, 0.4) is 0 Å². The molecule has 2 heterocycles. The molecule has 0 N–H and O–H groups in total. The standard InChI is InChI=1S/C19H26N2OS/c1-4-16-13-17-12-14(2)11-15(3)18(17)20-19(16)23-10-7-21-5-8-22-9-6-21/h11-13H,4-10H2,1-3H3. The van der Waals surface area contributed by atoms with E-state index in [-0.39, 0.29) is 0 Å². The molecule has 1 aromatic heterocycles. The maximum absolute atomic E-state index is 5.41. The third-order valence-electron chi connectivity index (χ3n) is 4.42. The average molecular weight is 330 g/mol. The number of thioether (sulfide) groups is 1. The van der Waals surface area contributed by atoms with E-state index < -0.39 is 0 Å². The predicted octanol–water partition coefficient (Wildman–Crippen LogP) is 3.84. The van der Waals surface area contributed by atoms with E-state index in [0.717, 1.165) is 50.5 Å². The van der Waals surface area contributed by atoms with Gasteiger partial charge in [-0.1, -0.05) is 18.6 Å². The molecule has 1 aliphatic heterocycles. The summed E-state index contributed by atoms with van der Waals surface area (Å²) in [5, 5.41) is 2.48. The molecule has 0 amide bonds. The lowest BCUT2D eigenvalue weighted by Gasteiger charge is -2.26. The Bertz CT molecular complexity index is 681. The van der Waals surface area contributed by atoms with E-state index in [1.54, 1.807) is 0 Å². The molecule has 1 fully saturated rings. The lowest BCUT2D eigenvalue weighted by molar-refractivity contribution is 0.0410. The smallest absolute Gasteiger partial charge is 0.1000 e. The number of morpholine rings is 1. The minimum absolute atomic E-state index is 0.873. The van der Waals surface area contributed by atoms with Crippen LogP contribution in [0.1, 0.15) is 23.6 Å². The maximum Gasteiger partial charge on any atom is 0.1000 e. The van der Waals surface area contributed by atoms with E-state index in [9.17, 15) is 0 Å². The number of aromatic nitrogens is 1. The normalized spacial score (nSPS) is 16.1. The van der Waals surface area contributed by atoms with Crippen LogP contribution in [0.2, 0.25) is 0 Å². The van der Waals surface area contributed by atoms with E-state index >= 15 is 0 Å². The van der Waals surface area contributed by atoms with Gasteiger partial charge in [0, 0.05) is 30.8 Å². The van der Waals surface area contributed by atoms with E-state index in [4.69, 9.17) is 9.72 Å². The molecule has 1 saturated heterocycles. The fourth-order valence-corrected chi connectivity index (χ4v) is 4.24. The highest BCUT2D eigenvalue weighted by Gasteiger charge is 2.12. The number of aryl methyl sites for hydroxylation is 3. The van der Waals surface area contributed by atoms with Gasteiger partial charge in [-0.05, 0) is 43.5 Å². The number of pyridine rings is 1. The zero-order valence-corrected chi connectivity index (χ0v) is 15.2. The molecule has 0 spiro atoms. The van der Waals surface area contributed by atoms with E-state index in [0.29, 0.717) is 0 Å². The highest BCUT2D eigenvalue weighted by Crippen LogP contribution is 2.28. The molecule has 0 aliphatic carbocycles. The van der Waals surface area contributed by atoms with E-state index in [2.05, 4.69) is 43.9 Å². The van der Waals surface area contributed by atoms with Gasteiger partial charge in [-0.3, -0.25) is 4.90 Å². The third-order valence-corrected chi connectivity index (χ3v) is 5.44. The summed E-state index contributed by atoms with van der Waals surface area (Å²) in [6, 6.07) is 6.80. The number of rotatable bonds is 5. The Morgan fingerprint density at radius 3 is 2.70 bits per heavy atom. The molecule has 2 aromatic rings. The van der Waals surface area contributed by atoms with E-state index in [1.165, 1.54) is 27.1 Å². The van der Waals surface area contributed by atoms with Crippen molar-refractivity contribution in [1.29, 1.82) is 0 Å². The van der Waals surface area contributed by atoms with Crippen LogP contribution in [-0.2, 0) is 11.2 Å². The predicted molar refractivity (Wildman–Crippen MR) is 98.6 cm³/mol. The van der Waals surface area contributed by atoms with Crippen molar-refractivity contribution in [3.8, 4) is 0 Å². The van der Waals surface area contributed by atoms with Crippen molar-refractivity contribution >= 4 is 22.7 Å². The second kappa shape index (κ2) is 7.65. The summed E-state index contributed by atoms with van der Waals surface area (Å²) < 4.78 is 5.41. The van der Waals surface area contributed by atoms with Crippen LogP contribution < -0.4 is 0 Å². The van der Waals surface area contributed by atoms with Gasteiger partial charge in [-0.25, -0.2) is 4.98 Å². The van der Waals surface area contributed by atoms with Crippen LogP contribution in [0, 0.1) is 13.8 Å². The Morgan fingerprint density at radius 1 is 1.17 bits per heavy atom. The number of benzene rings is 1. The molecular formula is C19H26N2OS. The second-order valence-electron chi connectivity index (χ2n) is 6.26. The van der Waals surface area contributed by atoms with Crippen molar-refractivity contribution in [2.75, 3.05) is 38.6 Å². The highest BCUT2D eigenvalue weighted by atomic mass is 32.2. The van der Waals surface area contributed by atoms with Crippen molar-refractivity contribution in [3.05, 3.63) is 34.9 Å². The van der Waals surface area contributed by atoms with E-state index in [1.807, 2.05) is 11.8 Å². The molecule has 0 unspecified atom stereocenters. The summed E-state index contributed by atoms with van der Waals surface area (Å²) in [6.45, 7) is 11.5. The number of hydrogen-bond acceptors (Lipinski definition) is 4. The van der Waals surface area contributed by atoms with Crippen LogP contribution in [0.25, 0.3) is 10.9 Å². The fraction of sp³-hybridized carbons (Fsp3) is 0.526. The van der Waals surface area contributed by atoms with Crippen LogP contribution in [0.4, 0.5) is 0 Å². The van der Waals surface area contributed by atoms with Gasteiger partial charge in [0.15, 0.2) is 0 Å². The largest absolute Gasteiger partial charge is 0.379 e. The number of hydrogen-bond donors (Lipinski definition) is 0. The quantitative estimate of drug-likeness (QED) is 0.778. The van der Waals surface area contributed by atoms with Gasteiger partial charge in [-0.2, -0.15) is 0 Å². The molecule has 0 bridgehead atoms. The molecule has 4 heteroatoms. The van der Waals surface area contributed by atoms with Crippen LogP contribution in [0.5, 0.6) is 0 Å². The lowest BCUT2D eigenvalue weighted by Crippen LogP contribution is -2.37. The number of ether oxygens (including phenoxy) is 1. The molecule has 124 valence electrons. The average Bonchev–Trinajstić information content (AvgIpc) is 2.55. The summed E-state index contributed by atoms with van der Waals surface area (Å²) in [5.74, 6) is 1.09. The molecule has 1 aliphatic rings. The van der Waals surface area contributed by atoms with Crippen molar-refractivity contribution < 1.29 is 4.74 Å². The van der Waals surface area contributed by atoms with Gasteiger partial charge in [0.2, 0.25) is 0 Å². The molecule has 1 aromatic carbocycles. The van der Waals surface area contributed by atoms with Crippen LogP contribution in [0.15, 0.2) is 23.2 Å². The first-order chi connectivity index (χ1) is 11.2. The lowest BCUT2D eigenvalue weighted by atomic mass is 10.0. The topological polar surface area (TPSA) is 25.4 Å². The van der Waals surface area contributed by atoms with Crippen molar-refractivity contribution in [2.24, 2.45) is 0 Å². The van der Waals surface area contributed by atoms with Gasteiger partial charge < -0.3 is 4.74 Å². The number of nitrogens with zero attached hydrogens (tertiary/aromatic N) is 2. The molecule has 23 heavy (non-hydrogen) atoms. The highest BCUT2D eigenvalue weighted by molar-refractivity contribution is 7.99. The van der Waals surface area contributed by atoms with Crippen molar-refractivity contribution in [2.45, 2.75) is 32.2 Å². The van der Waals surface area contributed by atoms with Gasteiger partial charge in [-0.15, -0.1) is 11.8 Å². The summed E-state index contributed by atoms with van der Waals surface area (Å²) in [6.07, 6.45) is 1.04. The Balaban J connectivity index is 1.76. The molecule has 3 nitrogen and oxygen atoms in total. The molecule has 0 saturated carbocycles. The summed E-state index contributed by atoms with van der Waals surface area (Å²) in [5.41, 5.74) is 5.11. The zero-order valence-electron chi connectivity index (χ0n) is 14.4. The third kappa shape index (κ3) is 4.06. The minimum atomic E-state index is 0.873. The SMILES string of the molecule is CCc1cc2cc(C)cc(C)c2nc1SCCN1CCOCC1. The molecular weight excluding hydrogens is 304 g/mol. The Hall–Kier alpha value is -1.10. The summed E-state index contributed by atoms with van der Waals surface area (Å²) in [4.78, 5) is 7.47. The fourth-order valence-electron chi connectivity index (χ4n) is 3.15. The van der Waals surface area contributed by atoms with Gasteiger partial charge in [0.25, 0.3) is 0 Å². The maximum atomic E-state index is 5.41. The van der Waals surface area contributed by atoms with Gasteiger partial charge in [0.1, 0.15) is 0 Å². The summed E-state index contributed by atoms with van der Waals surface area (Å²) >= 11 is 1.90. The first-order valence-electron chi connectivity index (χ1n) is 8.51. The van der Waals surface area contributed by atoms with Gasteiger partial charge >= 0.3 is 0 Å².